The van der Waals surface area contributed by atoms with Gasteiger partial charge in [0.15, 0.2) is 0 Å². The van der Waals surface area contributed by atoms with E-state index in [1.807, 2.05) is 68.5 Å². The molecule has 0 bridgehead atoms. The van der Waals surface area contributed by atoms with Gasteiger partial charge in [-0.3, -0.25) is 0 Å². The van der Waals surface area contributed by atoms with Gasteiger partial charge in [-0.1, -0.05) is 86.2 Å². The number of aliphatic hydroxyl groups excluding tert-OH is 1. The number of allylic oxidation sites excluding steroid dienone is 6. The molecule has 0 saturated heterocycles. The molecule has 2 rings (SSSR count). The second kappa shape index (κ2) is 14.2. The average molecular weight is 529 g/mol. The Kier molecular flexibility index (Phi) is 11.6. The van der Waals surface area contributed by atoms with E-state index in [4.69, 9.17) is 4.74 Å². The maximum Gasteiger partial charge on any atom is 0.129 e. The summed E-state index contributed by atoms with van der Waals surface area (Å²) in [6.07, 6.45) is 17.3. The van der Waals surface area contributed by atoms with E-state index in [-0.39, 0.29) is 16.6 Å². The Morgan fingerprint density at radius 2 is 1.31 bits per heavy atom. The Morgan fingerprint density at radius 1 is 0.821 bits per heavy atom. The van der Waals surface area contributed by atoms with Gasteiger partial charge in [0.05, 0.1) is 6.10 Å². The van der Waals surface area contributed by atoms with Crippen molar-refractivity contribution >= 4 is 12.2 Å². The Hall–Kier alpha value is -3.30. The lowest BCUT2D eigenvalue weighted by Crippen LogP contribution is -2.42. The second-order valence-corrected chi connectivity index (χ2v) is 11.8. The number of benzene rings is 2. The first-order valence-corrected chi connectivity index (χ1v) is 13.8. The molecule has 0 aliphatic heterocycles. The van der Waals surface area contributed by atoms with Crippen molar-refractivity contribution in [3.63, 3.8) is 0 Å². The van der Waals surface area contributed by atoms with Crippen molar-refractivity contribution in [2.45, 2.75) is 78.9 Å². The molecule has 0 aliphatic carbocycles. The molecule has 0 unspecified atom stereocenters. The van der Waals surface area contributed by atoms with Gasteiger partial charge in [0.25, 0.3) is 0 Å². The summed E-state index contributed by atoms with van der Waals surface area (Å²) in [5.41, 5.74) is 2.33. The predicted octanol–water partition coefficient (Wildman–Crippen LogP) is 9.55. The van der Waals surface area contributed by atoms with Crippen molar-refractivity contribution in [2.24, 2.45) is 10.8 Å². The fourth-order valence-corrected chi connectivity index (χ4v) is 4.15. The van der Waals surface area contributed by atoms with Gasteiger partial charge in [0.2, 0.25) is 0 Å². The number of aliphatic hydroxyl groups is 1. The highest BCUT2D eigenvalue weighted by Crippen LogP contribution is 2.32. The van der Waals surface area contributed by atoms with Crippen LogP contribution in [0, 0.1) is 10.8 Å². The highest BCUT2D eigenvalue weighted by molar-refractivity contribution is 5.52. The Bertz CT molecular complexity index is 1150. The molecule has 3 nitrogen and oxygen atoms in total. The maximum absolute atomic E-state index is 11.0. The number of ether oxygens (including phenoxy) is 1. The molecule has 2 aromatic rings. The number of hydrogen-bond acceptors (Lipinski definition) is 3. The minimum absolute atomic E-state index is 0.0631. The molecule has 0 spiro atoms. The van der Waals surface area contributed by atoms with E-state index in [0.717, 1.165) is 36.1 Å². The summed E-state index contributed by atoms with van der Waals surface area (Å²) in [6.45, 7) is 20.5. The molecular formula is C36H48O3. The zero-order valence-electron chi connectivity index (χ0n) is 24.8. The number of hydrogen-bond donors (Lipinski definition) is 2. The normalized spacial score (nSPS) is 15.9. The van der Waals surface area contributed by atoms with Crippen LogP contribution in [0.3, 0.4) is 0 Å². The van der Waals surface area contributed by atoms with E-state index in [0.29, 0.717) is 6.42 Å². The zero-order chi connectivity index (χ0) is 29.1. The average Bonchev–Trinajstić information content (AvgIpc) is 2.90. The molecule has 3 atom stereocenters. The molecule has 0 aromatic heterocycles. The summed E-state index contributed by atoms with van der Waals surface area (Å²) in [5, 5.41) is 20.5. The summed E-state index contributed by atoms with van der Waals surface area (Å²) in [6, 6.07) is 15.1. The standard InChI is InChI=1S/C36H48O3/c1-9-35(7,24-11-12-28(3)4)25-21-30-15-19-32(20-16-30)39-34(5,6)33(38)23-27-36(8,10-2)26-22-29-13-17-31(37)18-14-29/h9-10,12-22,25-26,33,37-38H,1-2,11,23-24,27H2,3-8H3/t33-,35+,36-/m0/s1. The number of phenols is 1. The summed E-state index contributed by atoms with van der Waals surface area (Å²) >= 11 is 0. The minimum Gasteiger partial charge on any atom is -0.508 e. The van der Waals surface area contributed by atoms with Crippen LogP contribution in [0.5, 0.6) is 11.5 Å². The molecular weight excluding hydrogens is 480 g/mol. The Morgan fingerprint density at radius 3 is 1.79 bits per heavy atom. The molecule has 2 aromatic carbocycles. The molecule has 0 heterocycles. The first-order valence-electron chi connectivity index (χ1n) is 13.8. The van der Waals surface area contributed by atoms with Crippen LogP contribution < -0.4 is 4.74 Å². The van der Waals surface area contributed by atoms with Crippen molar-refractivity contribution < 1.29 is 14.9 Å². The first-order chi connectivity index (χ1) is 18.3. The number of phenolic OH excluding ortho intramolecular Hbond substituents is 1. The fraction of sp³-hybridized carbons (Fsp3) is 0.389. The third-order valence-electron chi connectivity index (χ3n) is 7.39. The van der Waals surface area contributed by atoms with Gasteiger partial charge < -0.3 is 14.9 Å². The molecule has 0 radical (unpaired) electrons. The third kappa shape index (κ3) is 10.8. The Balaban J connectivity index is 1.98. The van der Waals surface area contributed by atoms with Crippen LogP contribution in [0.25, 0.3) is 12.2 Å². The summed E-state index contributed by atoms with van der Waals surface area (Å²) in [4.78, 5) is 0. The van der Waals surface area contributed by atoms with Crippen LogP contribution in [0.4, 0.5) is 0 Å². The van der Waals surface area contributed by atoms with Crippen LogP contribution in [0.2, 0.25) is 0 Å². The van der Waals surface area contributed by atoms with Gasteiger partial charge in [-0.2, -0.15) is 0 Å². The van der Waals surface area contributed by atoms with Gasteiger partial charge in [0, 0.05) is 10.8 Å². The highest BCUT2D eigenvalue weighted by Gasteiger charge is 2.31. The van der Waals surface area contributed by atoms with Gasteiger partial charge >= 0.3 is 0 Å². The van der Waals surface area contributed by atoms with Crippen molar-refractivity contribution in [2.75, 3.05) is 0 Å². The van der Waals surface area contributed by atoms with E-state index < -0.39 is 11.7 Å². The van der Waals surface area contributed by atoms with Crippen molar-refractivity contribution in [1.29, 1.82) is 0 Å². The molecule has 3 heteroatoms. The summed E-state index contributed by atoms with van der Waals surface area (Å²) in [7, 11) is 0. The lowest BCUT2D eigenvalue weighted by molar-refractivity contribution is -0.0354. The molecule has 0 aliphatic rings. The topological polar surface area (TPSA) is 49.7 Å². The highest BCUT2D eigenvalue weighted by atomic mass is 16.5. The second-order valence-electron chi connectivity index (χ2n) is 11.8. The zero-order valence-corrected chi connectivity index (χ0v) is 24.8. The predicted molar refractivity (Wildman–Crippen MR) is 168 cm³/mol. The molecule has 0 amide bonds. The minimum atomic E-state index is -0.757. The van der Waals surface area contributed by atoms with Crippen LogP contribution in [-0.4, -0.2) is 21.9 Å². The molecule has 2 N–H and O–H groups in total. The van der Waals surface area contributed by atoms with Crippen LogP contribution in [0.15, 0.2) is 97.6 Å². The number of aromatic hydroxyl groups is 1. The first kappa shape index (κ1) is 31.9. The lowest BCUT2D eigenvalue weighted by Gasteiger charge is -2.33. The van der Waals surface area contributed by atoms with Crippen molar-refractivity contribution in [3.8, 4) is 11.5 Å². The van der Waals surface area contributed by atoms with Gasteiger partial charge in [-0.25, -0.2) is 0 Å². The SMILES string of the molecule is C=C[C@@](C)(C=Cc1ccc(OC(C)(C)[C@@H](O)CC[C@@](C)(C=C)C=Cc2ccc(O)cc2)cc1)CCC=C(C)C. The van der Waals surface area contributed by atoms with E-state index in [2.05, 4.69) is 65.2 Å². The van der Waals surface area contributed by atoms with Gasteiger partial charge in [-0.15, -0.1) is 13.2 Å². The quantitative estimate of drug-likeness (QED) is 0.226. The molecule has 0 fully saturated rings. The van der Waals surface area contributed by atoms with Gasteiger partial charge in [-0.05, 0) is 88.8 Å². The summed E-state index contributed by atoms with van der Waals surface area (Å²) in [5.74, 6) is 0.974. The van der Waals surface area contributed by atoms with E-state index in [1.165, 1.54) is 5.57 Å². The van der Waals surface area contributed by atoms with Crippen molar-refractivity contribution in [3.05, 3.63) is 109 Å². The van der Waals surface area contributed by atoms with E-state index in [9.17, 15) is 10.2 Å². The summed E-state index contributed by atoms with van der Waals surface area (Å²) < 4.78 is 6.24. The fourth-order valence-electron chi connectivity index (χ4n) is 4.15. The molecule has 210 valence electrons. The third-order valence-corrected chi connectivity index (χ3v) is 7.39. The van der Waals surface area contributed by atoms with Crippen LogP contribution in [-0.2, 0) is 0 Å². The van der Waals surface area contributed by atoms with Crippen LogP contribution >= 0.6 is 0 Å². The monoisotopic (exact) mass is 528 g/mol. The molecule has 0 saturated carbocycles. The Labute approximate surface area is 237 Å². The van der Waals surface area contributed by atoms with E-state index >= 15 is 0 Å². The smallest absolute Gasteiger partial charge is 0.129 e. The van der Waals surface area contributed by atoms with Crippen LogP contribution in [0.1, 0.15) is 78.4 Å². The van der Waals surface area contributed by atoms with Gasteiger partial charge in [0.1, 0.15) is 17.1 Å². The largest absolute Gasteiger partial charge is 0.508 e. The van der Waals surface area contributed by atoms with E-state index in [1.54, 1.807) is 12.1 Å². The molecule has 39 heavy (non-hydrogen) atoms. The van der Waals surface area contributed by atoms with Crippen molar-refractivity contribution in [1.82, 2.24) is 0 Å². The lowest BCUT2D eigenvalue weighted by atomic mass is 9.82. The maximum atomic E-state index is 11.0. The number of rotatable bonds is 15.